The van der Waals surface area contributed by atoms with Gasteiger partial charge in [-0.15, -0.1) is 0 Å². The fraction of sp³-hybridized carbons (Fsp3) is 0.143. The lowest BCUT2D eigenvalue weighted by molar-refractivity contribution is 0.608. The summed E-state index contributed by atoms with van der Waals surface area (Å²) >= 11 is 5.94. The van der Waals surface area contributed by atoms with E-state index in [-0.39, 0.29) is 5.82 Å². The highest BCUT2D eigenvalue weighted by atomic mass is 35.5. The fourth-order valence-electron chi connectivity index (χ4n) is 3.08. The zero-order valence-electron chi connectivity index (χ0n) is 14.0. The van der Waals surface area contributed by atoms with E-state index in [9.17, 15) is 4.39 Å². The third kappa shape index (κ3) is 3.60. The summed E-state index contributed by atoms with van der Waals surface area (Å²) in [5.74, 6) is -0.223. The van der Waals surface area contributed by atoms with Crippen molar-refractivity contribution in [3.8, 4) is 0 Å². The number of nitrogens with zero attached hydrogens (tertiary/aromatic N) is 2. The second-order valence-corrected chi connectivity index (χ2v) is 6.72. The molecular formula is C21H17ClFN3. The Morgan fingerprint density at radius 2 is 1.92 bits per heavy atom. The van der Waals surface area contributed by atoms with Gasteiger partial charge in [-0.1, -0.05) is 17.7 Å². The highest BCUT2D eigenvalue weighted by Gasteiger charge is 2.07. The first kappa shape index (κ1) is 16.7. The van der Waals surface area contributed by atoms with Crippen LogP contribution in [0.15, 0.2) is 61.1 Å². The van der Waals surface area contributed by atoms with Gasteiger partial charge in [-0.2, -0.15) is 0 Å². The van der Waals surface area contributed by atoms with Gasteiger partial charge in [0.1, 0.15) is 11.5 Å². The Kier molecular flexibility index (Phi) is 4.67. The lowest BCUT2D eigenvalue weighted by atomic mass is 10.0. The molecule has 130 valence electrons. The summed E-state index contributed by atoms with van der Waals surface area (Å²) in [5, 5.41) is 1.69. The Morgan fingerprint density at radius 1 is 1.00 bits per heavy atom. The first-order valence-electron chi connectivity index (χ1n) is 8.48. The van der Waals surface area contributed by atoms with Crippen molar-refractivity contribution < 1.29 is 4.39 Å². The van der Waals surface area contributed by atoms with E-state index in [4.69, 9.17) is 11.6 Å². The predicted octanol–water partition coefficient (Wildman–Crippen LogP) is 5.13. The minimum atomic E-state index is -0.223. The van der Waals surface area contributed by atoms with Crippen molar-refractivity contribution in [1.29, 1.82) is 0 Å². The van der Waals surface area contributed by atoms with E-state index in [1.54, 1.807) is 18.3 Å². The lowest BCUT2D eigenvalue weighted by Gasteiger charge is -2.05. The topological polar surface area (TPSA) is 41.6 Å². The molecule has 0 spiro atoms. The van der Waals surface area contributed by atoms with Crippen LogP contribution in [0.5, 0.6) is 0 Å². The molecule has 5 heteroatoms. The molecule has 1 aromatic carbocycles. The van der Waals surface area contributed by atoms with Crippen molar-refractivity contribution in [2.75, 3.05) is 0 Å². The number of hydrogen-bond donors (Lipinski definition) is 1. The molecule has 0 aliphatic heterocycles. The van der Waals surface area contributed by atoms with Crippen LogP contribution in [0, 0.1) is 5.82 Å². The van der Waals surface area contributed by atoms with Gasteiger partial charge in [-0.25, -0.2) is 9.37 Å². The molecule has 0 saturated heterocycles. The molecule has 26 heavy (non-hydrogen) atoms. The molecule has 4 rings (SSSR count). The third-order valence-electron chi connectivity index (χ3n) is 4.48. The number of benzene rings is 1. The van der Waals surface area contributed by atoms with Crippen LogP contribution in [0.3, 0.4) is 0 Å². The van der Waals surface area contributed by atoms with E-state index in [1.807, 2.05) is 24.5 Å². The van der Waals surface area contributed by atoms with E-state index in [0.717, 1.165) is 28.7 Å². The SMILES string of the molecule is Fc1ccc(Cl)cc1CCc1ccc(Cc2c[nH]c3ncccc23)cn1. The van der Waals surface area contributed by atoms with E-state index < -0.39 is 0 Å². The van der Waals surface area contributed by atoms with Crippen molar-refractivity contribution in [2.24, 2.45) is 0 Å². The zero-order chi connectivity index (χ0) is 17.9. The number of H-pyrrole nitrogens is 1. The van der Waals surface area contributed by atoms with Crippen LogP contribution in [0.2, 0.25) is 5.02 Å². The van der Waals surface area contributed by atoms with Gasteiger partial charge in [0.05, 0.1) is 0 Å². The molecule has 3 nitrogen and oxygen atoms in total. The minimum absolute atomic E-state index is 0.223. The van der Waals surface area contributed by atoms with Gasteiger partial charge in [0.15, 0.2) is 0 Å². The lowest BCUT2D eigenvalue weighted by Crippen LogP contribution is -1.98. The Morgan fingerprint density at radius 3 is 2.77 bits per heavy atom. The average molecular weight is 366 g/mol. The van der Waals surface area contributed by atoms with Crippen LogP contribution in [-0.2, 0) is 19.3 Å². The van der Waals surface area contributed by atoms with Crippen LogP contribution in [0.1, 0.15) is 22.4 Å². The number of nitrogens with one attached hydrogen (secondary N) is 1. The summed E-state index contributed by atoms with van der Waals surface area (Å²) in [4.78, 5) is 12.0. The van der Waals surface area contributed by atoms with Crippen molar-refractivity contribution in [1.82, 2.24) is 15.0 Å². The maximum Gasteiger partial charge on any atom is 0.137 e. The molecule has 3 aromatic heterocycles. The highest BCUT2D eigenvalue weighted by Crippen LogP contribution is 2.20. The molecular weight excluding hydrogens is 349 g/mol. The van der Waals surface area contributed by atoms with Gasteiger partial charge in [0.2, 0.25) is 0 Å². The monoisotopic (exact) mass is 365 g/mol. The summed E-state index contributed by atoms with van der Waals surface area (Å²) in [7, 11) is 0. The number of halogens is 2. The Labute approximate surface area is 155 Å². The van der Waals surface area contributed by atoms with E-state index in [1.165, 1.54) is 11.6 Å². The normalized spacial score (nSPS) is 11.2. The Hall–Kier alpha value is -2.72. The van der Waals surface area contributed by atoms with Crippen LogP contribution in [0.4, 0.5) is 4.39 Å². The number of rotatable bonds is 5. The average Bonchev–Trinajstić information content (AvgIpc) is 3.07. The Balaban J connectivity index is 1.44. The summed E-state index contributed by atoms with van der Waals surface area (Å²) in [6.45, 7) is 0. The van der Waals surface area contributed by atoms with Gasteiger partial charge < -0.3 is 4.98 Å². The minimum Gasteiger partial charge on any atom is -0.346 e. The largest absolute Gasteiger partial charge is 0.346 e. The molecule has 0 aliphatic rings. The number of pyridine rings is 2. The van der Waals surface area contributed by atoms with Crippen LogP contribution in [-0.4, -0.2) is 15.0 Å². The molecule has 0 aliphatic carbocycles. The summed E-state index contributed by atoms with van der Waals surface area (Å²) in [6, 6.07) is 12.7. The van der Waals surface area contributed by atoms with Crippen molar-refractivity contribution in [3.05, 3.63) is 94.3 Å². The summed E-state index contributed by atoms with van der Waals surface area (Å²) < 4.78 is 13.8. The maximum absolute atomic E-state index is 13.8. The first-order valence-corrected chi connectivity index (χ1v) is 8.85. The smallest absolute Gasteiger partial charge is 0.137 e. The highest BCUT2D eigenvalue weighted by molar-refractivity contribution is 6.30. The van der Waals surface area contributed by atoms with Gasteiger partial charge >= 0.3 is 0 Å². The Bertz CT molecular complexity index is 1040. The number of aromatic nitrogens is 3. The molecule has 0 atom stereocenters. The van der Waals surface area contributed by atoms with E-state index in [0.29, 0.717) is 23.4 Å². The van der Waals surface area contributed by atoms with Gasteiger partial charge in [0.25, 0.3) is 0 Å². The number of fused-ring (bicyclic) bond motifs is 1. The number of aromatic amines is 1. The number of aryl methyl sites for hydroxylation is 2. The molecule has 0 unspecified atom stereocenters. The number of hydrogen-bond acceptors (Lipinski definition) is 2. The molecule has 0 radical (unpaired) electrons. The predicted molar refractivity (Wildman–Crippen MR) is 102 cm³/mol. The van der Waals surface area contributed by atoms with Crippen LogP contribution >= 0.6 is 11.6 Å². The second kappa shape index (κ2) is 7.26. The van der Waals surface area contributed by atoms with Crippen molar-refractivity contribution in [2.45, 2.75) is 19.3 Å². The molecule has 0 amide bonds. The summed E-state index contributed by atoms with van der Waals surface area (Å²) in [6.07, 6.45) is 7.71. The maximum atomic E-state index is 13.8. The zero-order valence-corrected chi connectivity index (χ0v) is 14.8. The fourth-order valence-corrected chi connectivity index (χ4v) is 3.28. The van der Waals surface area contributed by atoms with Gasteiger partial charge in [-0.05, 0) is 65.9 Å². The van der Waals surface area contributed by atoms with Crippen molar-refractivity contribution >= 4 is 22.6 Å². The van der Waals surface area contributed by atoms with Gasteiger partial charge in [0, 0.05) is 41.1 Å². The van der Waals surface area contributed by atoms with Gasteiger partial charge in [-0.3, -0.25) is 4.98 Å². The van der Waals surface area contributed by atoms with Crippen molar-refractivity contribution in [3.63, 3.8) is 0 Å². The second-order valence-electron chi connectivity index (χ2n) is 6.28. The first-order chi connectivity index (χ1) is 12.7. The quantitative estimate of drug-likeness (QED) is 0.533. The van der Waals surface area contributed by atoms with Crippen LogP contribution in [0.25, 0.3) is 11.0 Å². The van der Waals surface area contributed by atoms with E-state index >= 15 is 0 Å². The molecule has 0 saturated carbocycles. The van der Waals surface area contributed by atoms with Crippen LogP contribution < -0.4 is 0 Å². The van der Waals surface area contributed by atoms with E-state index in [2.05, 4.69) is 27.1 Å². The molecule has 1 N–H and O–H groups in total. The molecule has 4 aromatic rings. The standard InChI is InChI=1S/C21H17ClFN3/c22-17-5-8-20(23)15(11-17)4-7-18-6-3-14(12-25-18)10-16-13-26-21-19(16)2-1-9-24-21/h1-3,5-6,8-9,11-13H,4,7,10H2,(H,24,26). The summed E-state index contributed by atoms with van der Waals surface area (Å²) in [5.41, 5.74) is 4.79. The molecule has 3 heterocycles. The third-order valence-corrected chi connectivity index (χ3v) is 4.71. The molecule has 0 fully saturated rings. The molecule has 0 bridgehead atoms.